The summed E-state index contributed by atoms with van der Waals surface area (Å²) in [6.07, 6.45) is 0. The number of ether oxygens (including phenoxy) is 1. The van der Waals surface area contributed by atoms with Gasteiger partial charge in [-0.2, -0.15) is 0 Å². The van der Waals surface area contributed by atoms with Gasteiger partial charge in [0.1, 0.15) is 11.5 Å². The number of methoxy groups -OCH3 is 1. The van der Waals surface area contributed by atoms with E-state index in [4.69, 9.17) is 4.74 Å². The molecule has 1 aliphatic rings. The van der Waals surface area contributed by atoms with Crippen LogP contribution >= 0.6 is 24.0 Å². The summed E-state index contributed by atoms with van der Waals surface area (Å²) in [4.78, 5) is 9.17. The van der Waals surface area contributed by atoms with Crippen LogP contribution in [0.3, 0.4) is 0 Å². The van der Waals surface area contributed by atoms with Crippen molar-refractivity contribution in [3.8, 4) is 11.5 Å². The van der Waals surface area contributed by atoms with Crippen molar-refractivity contribution in [1.82, 2.24) is 15.1 Å². The van der Waals surface area contributed by atoms with Gasteiger partial charge in [-0.15, -0.1) is 24.0 Å². The lowest BCUT2D eigenvalue weighted by Crippen LogP contribution is -2.52. The maximum Gasteiger partial charge on any atom is 0.194 e. The van der Waals surface area contributed by atoms with Crippen molar-refractivity contribution in [3.63, 3.8) is 0 Å². The number of aliphatic imine (C=N–C) groups is 1. The van der Waals surface area contributed by atoms with E-state index in [1.54, 1.807) is 26.3 Å². The molecule has 0 bridgehead atoms. The number of nitrogens with zero attached hydrogens (tertiary/aromatic N) is 3. The molecule has 0 spiro atoms. The van der Waals surface area contributed by atoms with Crippen LogP contribution in [0, 0.1) is 6.92 Å². The number of piperazine rings is 1. The zero-order valence-electron chi connectivity index (χ0n) is 17.4. The molecule has 1 saturated heterocycles. The number of aromatic hydroxyl groups is 1. The lowest BCUT2D eigenvalue weighted by molar-refractivity contribution is 0.172. The Morgan fingerprint density at radius 3 is 2.55 bits per heavy atom. The van der Waals surface area contributed by atoms with Crippen molar-refractivity contribution in [3.05, 3.63) is 59.2 Å². The van der Waals surface area contributed by atoms with Crippen LogP contribution in [-0.4, -0.2) is 61.2 Å². The van der Waals surface area contributed by atoms with Crippen molar-refractivity contribution >= 4 is 29.9 Å². The first-order valence-electron chi connectivity index (χ1n) is 9.68. The molecule has 0 aromatic heterocycles. The van der Waals surface area contributed by atoms with E-state index in [9.17, 15) is 5.11 Å². The van der Waals surface area contributed by atoms with Gasteiger partial charge in [0, 0.05) is 51.9 Å². The van der Waals surface area contributed by atoms with Crippen molar-refractivity contribution in [2.75, 3.05) is 40.3 Å². The second-order valence-electron chi connectivity index (χ2n) is 7.15. The van der Waals surface area contributed by atoms with Gasteiger partial charge in [-0.05, 0) is 30.7 Å². The zero-order chi connectivity index (χ0) is 19.9. The summed E-state index contributed by atoms with van der Waals surface area (Å²) in [5.74, 6) is 1.85. The van der Waals surface area contributed by atoms with Gasteiger partial charge < -0.3 is 20.1 Å². The van der Waals surface area contributed by atoms with Gasteiger partial charge in [0.05, 0.1) is 7.11 Å². The minimum Gasteiger partial charge on any atom is -0.508 e. The van der Waals surface area contributed by atoms with Crippen molar-refractivity contribution in [1.29, 1.82) is 0 Å². The van der Waals surface area contributed by atoms with E-state index in [1.165, 1.54) is 11.1 Å². The van der Waals surface area contributed by atoms with Crippen molar-refractivity contribution < 1.29 is 9.84 Å². The van der Waals surface area contributed by atoms with E-state index < -0.39 is 0 Å². The number of nitrogens with one attached hydrogen (secondary N) is 1. The summed E-state index contributed by atoms with van der Waals surface area (Å²) < 4.78 is 5.24. The van der Waals surface area contributed by atoms with Crippen LogP contribution in [0.5, 0.6) is 11.5 Å². The molecular formula is C22H31IN4O2. The van der Waals surface area contributed by atoms with Crippen LogP contribution in [-0.2, 0) is 13.1 Å². The summed E-state index contributed by atoms with van der Waals surface area (Å²) in [5, 5.41) is 13.4. The van der Waals surface area contributed by atoms with Gasteiger partial charge in [-0.25, -0.2) is 0 Å². The summed E-state index contributed by atoms with van der Waals surface area (Å²) in [6, 6.07) is 14.0. The Bertz CT molecular complexity index is 820. The van der Waals surface area contributed by atoms with E-state index in [-0.39, 0.29) is 29.7 Å². The summed E-state index contributed by atoms with van der Waals surface area (Å²) in [5.41, 5.74) is 3.46. The molecule has 0 saturated carbocycles. The molecule has 0 atom stereocenters. The third-order valence-electron chi connectivity index (χ3n) is 5.10. The molecule has 158 valence electrons. The smallest absolute Gasteiger partial charge is 0.194 e. The van der Waals surface area contributed by atoms with E-state index in [1.807, 2.05) is 6.07 Å². The summed E-state index contributed by atoms with van der Waals surface area (Å²) in [7, 11) is 3.42. The van der Waals surface area contributed by atoms with Gasteiger partial charge in [-0.1, -0.05) is 29.8 Å². The Morgan fingerprint density at radius 2 is 1.90 bits per heavy atom. The fraction of sp³-hybridized carbons (Fsp3) is 0.409. The molecule has 1 heterocycles. The molecule has 7 heteroatoms. The molecule has 1 aliphatic heterocycles. The van der Waals surface area contributed by atoms with E-state index in [2.05, 4.69) is 51.3 Å². The van der Waals surface area contributed by atoms with Crippen LogP contribution in [0.25, 0.3) is 0 Å². The maximum absolute atomic E-state index is 10.1. The molecule has 3 rings (SSSR count). The van der Waals surface area contributed by atoms with Crippen LogP contribution in [0.4, 0.5) is 0 Å². The van der Waals surface area contributed by atoms with Crippen LogP contribution < -0.4 is 10.1 Å². The highest BCUT2D eigenvalue weighted by Gasteiger charge is 2.20. The second kappa shape index (κ2) is 11.3. The third-order valence-corrected chi connectivity index (χ3v) is 5.10. The van der Waals surface area contributed by atoms with E-state index >= 15 is 0 Å². The maximum atomic E-state index is 10.1. The van der Waals surface area contributed by atoms with Crippen LogP contribution in [0.2, 0.25) is 0 Å². The SMILES string of the molecule is CN=C(NCc1cc(OC)ccc1O)N1CCN(Cc2cccc(C)c2)CC1.I. The number of hydrogen-bond donors (Lipinski definition) is 2. The quantitative estimate of drug-likeness (QED) is 0.368. The Labute approximate surface area is 190 Å². The largest absolute Gasteiger partial charge is 0.508 e. The molecule has 29 heavy (non-hydrogen) atoms. The summed E-state index contributed by atoms with van der Waals surface area (Å²) >= 11 is 0. The topological polar surface area (TPSA) is 60.3 Å². The number of rotatable bonds is 5. The number of phenols is 1. The molecule has 2 aromatic carbocycles. The van der Waals surface area contributed by atoms with Crippen LogP contribution in [0.1, 0.15) is 16.7 Å². The lowest BCUT2D eigenvalue weighted by atomic mass is 10.1. The Morgan fingerprint density at radius 1 is 1.14 bits per heavy atom. The number of benzene rings is 2. The number of aryl methyl sites for hydroxylation is 1. The minimum absolute atomic E-state index is 0. The first-order chi connectivity index (χ1) is 13.6. The molecule has 0 radical (unpaired) electrons. The molecular weight excluding hydrogens is 479 g/mol. The van der Waals surface area contributed by atoms with Gasteiger partial charge in [0.15, 0.2) is 5.96 Å². The highest BCUT2D eigenvalue weighted by Crippen LogP contribution is 2.22. The molecule has 0 aliphatic carbocycles. The first kappa shape index (κ1) is 23.3. The highest BCUT2D eigenvalue weighted by molar-refractivity contribution is 14.0. The molecule has 1 fully saturated rings. The molecule has 2 aromatic rings. The van der Waals surface area contributed by atoms with Crippen molar-refractivity contribution in [2.45, 2.75) is 20.0 Å². The predicted molar refractivity (Wildman–Crippen MR) is 128 cm³/mol. The highest BCUT2D eigenvalue weighted by atomic mass is 127. The van der Waals surface area contributed by atoms with Gasteiger partial charge >= 0.3 is 0 Å². The normalized spacial score (nSPS) is 15.0. The fourth-order valence-electron chi connectivity index (χ4n) is 3.52. The van der Waals surface area contributed by atoms with Gasteiger partial charge in [0.25, 0.3) is 0 Å². The molecule has 0 unspecified atom stereocenters. The minimum atomic E-state index is 0. The Hall–Kier alpha value is -2.00. The monoisotopic (exact) mass is 510 g/mol. The average molecular weight is 510 g/mol. The number of hydrogen-bond acceptors (Lipinski definition) is 4. The molecule has 0 amide bonds. The lowest BCUT2D eigenvalue weighted by Gasteiger charge is -2.36. The molecule has 6 nitrogen and oxygen atoms in total. The number of guanidine groups is 1. The van der Waals surface area contributed by atoms with Gasteiger partial charge in [0.2, 0.25) is 0 Å². The zero-order valence-corrected chi connectivity index (χ0v) is 19.7. The third kappa shape index (κ3) is 6.50. The Kier molecular flexibility index (Phi) is 9.03. The first-order valence-corrected chi connectivity index (χ1v) is 9.68. The second-order valence-corrected chi connectivity index (χ2v) is 7.15. The van der Waals surface area contributed by atoms with Crippen molar-refractivity contribution in [2.24, 2.45) is 4.99 Å². The van der Waals surface area contributed by atoms with E-state index in [0.717, 1.165) is 50.0 Å². The van der Waals surface area contributed by atoms with Gasteiger partial charge in [-0.3, -0.25) is 9.89 Å². The average Bonchev–Trinajstić information content (AvgIpc) is 2.71. The predicted octanol–water partition coefficient (Wildman–Crippen LogP) is 3.22. The number of halogens is 1. The van der Waals surface area contributed by atoms with E-state index in [0.29, 0.717) is 6.54 Å². The number of phenolic OH excluding ortho intramolecular Hbond substituents is 1. The van der Waals surface area contributed by atoms with Crippen LogP contribution in [0.15, 0.2) is 47.5 Å². The fourth-order valence-corrected chi connectivity index (χ4v) is 3.52. The molecule has 2 N–H and O–H groups in total. The Balaban J connectivity index is 0.00000300. The summed E-state index contributed by atoms with van der Waals surface area (Å²) in [6.45, 7) is 7.47. The standard InChI is InChI=1S/C22H30N4O2.HI/c1-17-5-4-6-18(13-17)16-25-9-11-26(12-10-25)22(23-2)24-15-19-14-20(28-3)7-8-21(19)27;/h4-8,13-14,27H,9-12,15-16H2,1-3H3,(H,23,24);1H.